The Kier molecular flexibility index (Phi) is 5.08. The maximum absolute atomic E-state index is 13.0. The van der Waals surface area contributed by atoms with Gasteiger partial charge in [-0.2, -0.15) is 0 Å². The highest BCUT2D eigenvalue weighted by atomic mass is 32.2. The molecule has 156 valence electrons. The number of aryl methyl sites for hydroxylation is 1. The van der Waals surface area contributed by atoms with E-state index in [4.69, 9.17) is 4.84 Å². The molecule has 0 amide bonds. The fourth-order valence-corrected chi connectivity index (χ4v) is 4.73. The zero-order valence-corrected chi connectivity index (χ0v) is 18.4. The van der Waals surface area contributed by atoms with Crippen LogP contribution in [0.25, 0.3) is 0 Å². The van der Waals surface area contributed by atoms with E-state index in [-0.39, 0.29) is 16.5 Å². The SMILES string of the molecule is Cc1ccc(S(=O)(=O)Nc2ccccc2C2c3ccccc3ON2C(C)(C)C)cc1. The topological polar surface area (TPSA) is 58.6 Å². The van der Waals surface area contributed by atoms with E-state index in [1.165, 1.54) is 0 Å². The highest BCUT2D eigenvalue weighted by molar-refractivity contribution is 7.92. The molecule has 0 spiro atoms. The summed E-state index contributed by atoms with van der Waals surface area (Å²) in [6.45, 7) is 8.15. The van der Waals surface area contributed by atoms with Crippen LogP contribution in [0.15, 0.2) is 77.7 Å². The summed E-state index contributed by atoms with van der Waals surface area (Å²) in [7, 11) is -3.72. The van der Waals surface area contributed by atoms with Crippen molar-refractivity contribution in [1.82, 2.24) is 5.06 Å². The van der Waals surface area contributed by atoms with Crippen LogP contribution in [0.3, 0.4) is 0 Å². The van der Waals surface area contributed by atoms with E-state index in [0.29, 0.717) is 5.69 Å². The largest absolute Gasteiger partial charge is 0.404 e. The van der Waals surface area contributed by atoms with Crippen molar-refractivity contribution in [3.63, 3.8) is 0 Å². The fraction of sp³-hybridized carbons (Fsp3) is 0.250. The highest BCUT2D eigenvalue weighted by Crippen LogP contribution is 2.46. The lowest BCUT2D eigenvalue weighted by atomic mass is 9.94. The number of hydrogen-bond donors (Lipinski definition) is 1. The van der Waals surface area contributed by atoms with Crippen molar-refractivity contribution in [2.75, 3.05) is 4.72 Å². The molecular weight excluding hydrogens is 396 g/mol. The minimum atomic E-state index is -3.72. The second kappa shape index (κ2) is 7.45. The number of hydrogen-bond acceptors (Lipinski definition) is 4. The van der Waals surface area contributed by atoms with Gasteiger partial charge in [-0.25, -0.2) is 8.42 Å². The number of nitrogens with zero attached hydrogens (tertiary/aromatic N) is 1. The van der Waals surface area contributed by atoms with Crippen LogP contribution in [0, 0.1) is 6.92 Å². The smallest absolute Gasteiger partial charge is 0.261 e. The third-order valence-corrected chi connectivity index (χ3v) is 6.52. The van der Waals surface area contributed by atoms with Gasteiger partial charge in [0.2, 0.25) is 0 Å². The molecule has 4 rings (SSSR count). The number of para-hydroxylation sites is 2. The van der Waals surface area contributed by atoms with E-state index in [2.05, 4.69) is 25.5 Å². The Balaban J connectivity index is 1.78. The van der Waals surface area contributed by atoms with Crippen molar-refractivity contribution in [3.8, 4) is 5.75 Å². The summed E-state index contributed by atoms with van der Waals surface area (Å²) in [5, 5.41) is 1.93. The van der Waals surface area contributed by atoms with E-state index in [0.717, 1.165) is 22.4 Å². The molecule has 5 nitrogen and oxygen atoms in total. The third kappa shape index (κ3) is 3.80. The molecular formula is C24H26N2O3S. The maximum Gasteiger partial charge on any atom is 0.261 e. The number of fused-ring (bicyclic) bond motifs is 1. The second-order valence-electron chi connectivity index (χ2n) is 8.53. The van der Waals surface area contributed by atoms with Crippen LogP contribution in [0.5, 0.6) is 5.75 Å². The van der Waals surface area contributed by atoms with Crippen molar-refractivity contribution in [2.24, 2.45) is 0 Å². The average molecular weight is 423 g/mol. The van der Waals surface area contributed by atoms with Crippen molar-refractivity contribution < 1.29 is 13.3 Å². The van der Waals surface area contributed by atoms with Crippen LogP contribution in [0.1, 0.15) is 43.5 Å². The molecule has 0 fully saturated rings. The zero-order chi connectivity index (χ0) is 21.5. The Labute approximate surface area is 178 Å². The molecule has 1 N–H and O–H groups in total. The van der Waals surface area contributed by atoms with Gasteiger partial charge in [0.15, 0.2) is 5.75 Å². The van der Waals surface area contributed by atoms with Gasteiger partial charge in [0.25, 0.3) is 10.0 Å². The summed E-state index contributed by atoms with van der Waals surface area (Å²) in [5.74, 6) is 0.786. The standard InChI is InChI=1S/C24H26N2O3S/c1-17-13-15-18(16-14-17)30(27,28)25-21-11-7-5-9-19(21)23-20-10-6-8-12-22(20)29-26(23)24(2,3)4/h5-16,23,25H,1-4H3. The van der Waals surface area contributed by atoms with Gasteiger partial charge in [-0.1, -0.05) is 54.1 Å². The minimum absolute atomic E-state index is 0.235. The molecule has 6 heteroatoms. The fourth-order valence-electron chi connectivity index (χ4n) is 3.64. The quantitative estimate of drug-likeness (QED) is 0.620. The minimum Gasteiger partial charge on any atom is -0.404 e. The van der Waals surface area contributed by atoms with E-state index >= 15 is 0 Å². The van der Waals surface area contributed by atoms with E-state index in [1.807, 2.05) is 54.5 Å². The first-order valence-electron chi connectivity index (χ1n) is 9.91. The van der Waals surface area contributed by atoms with Crippen LogP contribution in [-0.4, -0.2) is 19.0 Å². The van der Waals surface area contributed by atoms with Crippen LogP contribution in [-0.2, 0) is 10.0 Å². The monoisotopic (exact) mass is 422 g/mol. The lowest BCUT2D eigenvalue weighted by Crippen LogP contribution is -2.43. The Morgan fingerprint density at radius 1 is 0.867 bits per heavy atom. The summed E-state index contributed by atoms with van der Waals surface area (Å²) in [6, 6.07) is 22.0. The molecule has 0 aromatic heterocycles. The van der Waals surface area contributed by atoms with Gasteiger partial charge in [-0.05, 0) is 52.0 Å². The molecule has 1 heterocycles. The Hall–Kier alpha value is -2.83. The first kappa shape index (κ1) is 20.4. The molecule has 1 aliphatic heterocycles. The lowest BCUT2D eigenvalue weighted by Gasteiger charge is -2.35. The molecule has 1 atom stereocenters. The molecule has 3 aromatic carbocycles. The third-order valence-electron chi connectivity index (χ3n) is 5.14. The summed E-state index contributed by atoms with van der Waals surface area (Å²) in [4.78, 5) is 6.41. The summed E-state index contributed by atoms with van der Waals surface area (Å²) >= 11 is 0. The molecule has 1 unspecified atom stereocenters. The number of anilines is 1. The highest BCUT2D eigenvalue weighted by Gasteiger charge is 2.41. The normalized spacial score (nSPS) is 16.7. The summed E-state index contributed by atoms with van der Waals surface area (Å²) < 4.78 is 28.9. The van der Waals surface area contributed by atoms with Crippen LogP contribution in [0.2, 0.25) is 0 Å². The van der Waals surface area contributed by atoms with Crippen molar-refractivity contribution in [2.45, 2.75) is 44.2 Å². The van der Waals surface area contributed by atoms with Crippen molar-refractivity contribution in [3.05, 3.63) is 89.5 Å². The van der Waals surface area contributed by atoms with Crippen LogP contribution >= 0.6 is 0 Å². The average Bonchev–Trinajstić information content (AvgIpc) is 3.08. The molecule has 0 bridgehead atoms. The van der Waals surface area contributed by atoms with E-state index < -0.39 is 10.0 Å². The summed E-state index contributed by atoms with van der Waals surface area (Å²) in [6.07, 6.45) is 0. The molecule has 3 aromatic rings. The van der Waals surface area contributed by atoms with Crippen LogP contribution < -0.4 is 9.56 Å². The van der Waals surface area contributed by atoms with Gasteiger partial charge in [0.1, 0.15) is 6.04 Å². The number of rotatable bonds is 4. The predicted octanol–water partition coefficient (Wildman–Crippen LogP) is 5.29. The predicted molar refractivity (Wildman–Crippen MR) is 119 cm³/mol. The maximum atomic E-state index is 13.0. The van der Waals surface area contributed by atoms with Gasteiger partial charge < -0.3 is 4.84 Å². The number of benzene rings is 3. The molecule has 0 saturated heterocycles. The number of sulfonamides is 1. The van der Waals surface area contributed by atoms with Gasteiger partial charge >= 0.3 is 0 Å². The van der Waals surface area contributed by atoms with Gasteiger partial charge in [-0.3, -0.25) is 4.72 Å². The first-order chi connectivity index (χ1) is 14.2. The Bertz CT molecular complexity index is 1170. The lowest BCUT2D eigenvalue weighted by molar-refractivity contribution is -0.128. The molecule has 0 saturated carbocycles. The molecule has 1 aliphatic rings. The van der Waals surface area contributed by atoms with Crippen molar-refractivity contribution in [1.29, 1.82) is 0 Å². The summed E-state index contributed by atoms with van der Waals surface area (Å²) in [5.41, 5.74) is 3.10. The Morgan fingerprint density at radius 3 is 2.13 bits per heavy atom. The van der Waals surface area contributed by atoms with Crippen LogP contribution in [0.4, 0.5) is 5.69 Å². The van der Waals surface area contributed by atoms with E-state index in [9.17, 15) is 8.42 Å². The Morgan fingerprint density at radius 2 is 1.47 bits per heavy atom. The molecule has 0 aliphatic carbocycles. The second-order valence-corrected chi connectivity index (χ2v) is 10.2. The first-order valence-corrected chi connectivity index (χ1v) is 11.4. The number of nitrogens with one attached hydrogen (secondary N) is 1. The van der Waals surface area contributed by atoms with E-state index in [1.54, 1.807) is 30.3 Å². The van der Waals surface area contributed by atoms with Gasteiger partial charge in [-0.15, -0.1) is 5.06 Å². The molecule has 30 heavy (non-hydrogen) atoms. The van der Waals surface area contributed by atoms with Crippen molar-refractivity contribution >= 4 is 15.7 Å². The zero-order valence-electron chi connectivity index (χ0n) is 17.6. The number of hydroxylamine groups is 2. The molecule has 0 radical (unpaired) electrons. The van der Waals surface area contributed by atoms with Gasteiger partial charge in [0, 0.05) is 16.7 Å². The van der Waals surface area contributed by atoms with Gasteiger partial charge in [0.05, 0.1) is 10.6 Å².